The number of rotatable bonds is 2. The third-order valence-corrected chi connectivity index (χ3v) is 5.11. The van der Waals surface area contributed by atoms with E-state index in [9.17, 15) is 0 Å². The quantitative estimate of drug-likeness (QED) is 0.914. The van der Waals surface area contributed by atoms with E-state index in [1.54, 1.807) is 0 Å². The molecule has 3 rings (SSSR count). The van der Waals surface area contributed by atoms with Gasteiger partial charge in [0, 0.05) is 29.4 Å². The Hall–Kier alpha value is -1.26. The monoisotopic (exact) mass is 273 g/mol. The van der Waals surface area contributed by atoms with E-state index >= 15 is 0 Å². The van der Waals surface area contributed by atoms with Gasteiger partial charge < -0.3 is 5.73 Å². The van der Waals surface area contributed by atoms with Gasteiger partial charge in [0.15, 0.2) is 0 Å². The second kappa shape index (κ2) is 5.02. The van der Waals surface area contributed by atoms with Gasteiger partial charge in [-0.2, -0.15) is 5.10 Å². The number of nitrogens with two attached hydrogens (primary N) is 1. The van der Waals surface area contributed by atoms with Crippen LogP contribution in [0.3, 0.4) is 0 Å². The van der Waals surface area contributed by atoms with E-state index in [1.807, 2.05) is 29.7 Å². The molecule has 1 aromatic heterocycles. The van der Waals surface area contributed by atoms with Crippen molar-refractivity contribution < 1.29 is 0 Å². The first-order valence-corrected chi connectivity index (χ1v) is 7.53. The van der Waals surface area contributed by atoms with Gasteiger partial charge in [-0.15, -0.1) is 11.8 Å². The number of aromatic nitrogens is 2. The molecular weight excluding hydrogens is 254 g/mol. The molecule has 19 heavy (non-hydrogen) atoms. The van der Waals surface area contributed by atoms with Crippen LogP contribution in [0.5, 0.6) is 0 Å². The highest BCUT2D eigenvalue weighted by atomic mass is 32.2. The van der Waals surface area contributed by atoms with Gasteiger partial charge in [0.25, 0.3) is 0 Å². The first-order valence-electron chi connectivity index (χ1n) is 6.65. The third kappa shape index (κ3) is 2.42. The summed E-state index contributed by atoms with van der Waals surface area (Å²) in [5, 5.41) is 4.65. The molecule has 3 unspecified atom stereocenters. The van der Waals surface area contributed by atoms with Crippen molar-refractivity contribution in [3.05, 3.63) is 47.8 Å². The molecule has 1 aliphatic carbocycles. The SMILES string of the molecule is CC1CC(Sc2cnn(C)c2)C(N)c2ccccc21. The minimum atomic E-state index is 0.109. The number of nitrogens with zero attached hydrogens (tertiary/aromatic N) is 2. The lowest BCUT2D eigenvalue weighted by Crippen LogP contribution is -2.30. The van der Waals surface area contributed by atoms with E-state index in [0.29, 0.717) is 11.2 Å². The van der Waals surface area contributed by atoms with Gasteiger partial charge >= 0.3 is 0 Å². The summed E-state index contributed by atoms with van der Waals surface area (Å²) in [5.74, 6) is 0.574. The Balaban J connectivity index is 1.85. The molecule has 100 valence electrons. The maximum atomic E-state index is 6.46. The van der Waals surface area contributed by atoms with Crippen molar-refractivity contribution in [1.82, 2.24) is 9.78 Å². The predicted molar refractivity (Wildman–Crippen MR) is 79.3 cm³/mol. The van der Waals surface area contributed by atoms with E-state index in [0.717, 1.165) is 6.42 Å². The normalized spacial score (nSPS) is 26.2. The highest BCUT2D eigenvalue weighted by Gasteiger charge is 2.31. The highest BCUT2D eigenvalue weighted by molar-refractivity contribution is 8.00. The minimum absolute atomic E-state index is 0.109. The lowest BCUT2D eigenvalue weighted by Gasteiger charge is -2.34. The summed E-state index contributed by atoms with van der Waals surface area (Å²) in [5.41, 5.74) is 9.18. The molecule has 0 radical (unpaired) electrons. The fourth-order valence-electron chi connectivity index (χ4n) is 2.84. The van der Waals surface area contributed by atoms with Crippen LogP contribution in [0.25, 0.3) is 0 Å². The molecule has 1 aliphatic rings. The molecule has 1 heterocycles. The standard InChI is InChI=1S/C15H19N3S/c1-10-7-14(19-11-8-17-18(2)9-11)15(16)13-6-4-3-5-12(10)13/h3-6,8-10,14-15H,7,16H2,1-2H3. The van der Waals surface area contributed by atoms with Gasteiger partial charge in [-0.25, -0.2) is 0 Å². The van der Waals surface area contributed by atoms with E-state index < -0.39 is 0 Å². The van der Waals surface area contributed by atoms with Crippen molar-refractivity contribution in [2.24, 2.45) is 12.8 Å². The molecule has 0 saturated carbocycles. The third-order valence-electron chi connectivity index (χ3n) is 3.84. The summed E-state index contributed by atoms with van der Waals surface area (Å²) < 4.78 is 1.84. The van der Waals surface area contributed by atoms with Crippen LogP contribution in [-0.2, 0) is 7.05 Å². The molecular formula is C15H19N3S. The maximum absolute atomic E-state index is 6.46. The summed E-state index contributed by atoms with van der Waals surface area (Å²) in [7, 11) is 1.95. The number of hydrogen-bond donors (Lipinski definition) is 1. The fourth-order valence-corrected chi connectivity index (χ4v) is 4.19. The lowest BCUT2D eigenvalue weighted by atomic mass is 9.81. The van der Waals surface area contributed by atoms with Crippen molar-refractivity contribution in [3.8, 4) is 0 Å². The zero-order chi connectivity index (χ0) is 13.4. The van der Waals surface area contributed by atoms with E-state index in [2.05, 4.69) is 42.5 Å². The van der Waals surface area contributed by atoms with Crippen LogP contribution in [-0.4, -0.2) is 15.0 Å². The van der Waals surface area contributed by atoms with Crippen LogP contribution in [0.2, 0.25) is 0 Å². The summed E-state index contributed by atoms with van der Waals surface area (Å²) in [6.07, 6.45) is 5.10. The van der Waals surface area contributed by atoms with Gasteiger partial charge in [-0.1, -0.05) is 31.2 Å². The maximum Gasteiger partial charge on any atom is 0.0625 e. The summed E-state index contributed by atoms with van der Waals surface area (Å²) >= 11 is 1.85. The Bertz CT molecular complexity index is 578. The number of aryl methyl sites for hydroxylation is 1. The average molecular weight is 273 g/mol. The Kier molecular flexibility index (Phi) is 3.37. The molecule has 0 amide bonds. The second-order valence-electron chi connectivity index (χ2n) is 5.30. The molecule has 2 N–H and O–H groups in total. The Labute approximate surface area is 118 Å². The zero-order valence-corrected chi connectivity index (χ0v) is 12.1. The molecule has 0 aliphatic heterocycles. The molecule has 0 fully saturated rings. The minimum Gasteiger partial charge on any atom is -0.323 e. The van der Waals surface area contributed by atoms with Crippen molar-refractivity contribution >= 4 is 11.8 Å². The molecule has 3 atom stereocenters. The van der Waals surface area contributed by atoms with Crippen LogP contribution >= 0.6 is 11.8 Å². The lowest BCUT2D eigenvalue weighted by molar-refractivity contribution is 0.527. The number of thioether (sulfide) groups is 1. The topological polar surface area (TPSA) is 43.8 Å². The Morgan fingerprint density at radius 3 is 2.74 bits per heavy atom. The van der Waals surface area contributed by atoms with Gasteiger partial charge in [0.05, 0.1) is 6.20 Å². The van der Waals surface area contributed by atoms with Crippen molar-refractivity contribution in [2.45, 2.75) is 35.4 Å². The Morgan fingerprint density at radius 1 is 1.32 bits per heavy atom. The van der Waals surface area contributed by atoms with E-state index in [1.165, 1.54) is 16.0 Å². The van der Waals surface area contributed by atoms with Crippen molar-refractivity contribution in [2.75, 3.05) is 0 Å². The number of hydrogen-bond acceptors (Lipinski definition) is 3. The first kappa shape index (κ1) is 12.8. The summed E-state index contributed by atoms with van der Waals surface area (Å²) in [6, 6.07) is 8.69. The number of benzene rings is 1. The molecule has 1 aromatic carbocycles. The summed E-state index contributed by atoms with van der Waals surface area (Å²) in [6.45, 7) is 2.29. The fraction of sp³-hybridized carbons (Fsp3) is 0.400. The van der Waals surface area contributed by atoms with Crippen LogP contribution in [0.4, 0.5) is 0 Å². The van der Waals surface area contributed by atoms with Crippen LogP contribution in [0, 0.1) is 0 Å². The molecule has 2 aromatic rings. The van der Waals surface area contributed by atoms with Crippen LogP contribution < -0.4 is 5.73 Å². The molecule has 4 heteroatoms. The number of fused-ring (bicyclic) bond motifs is 1. The van der Waals surface area contributed by atoms with Gasteiger partial charge in [-0.05, 0) is 23.5 Å². The second-order valence-corrected chi connectivity index (χ2v) is 6.61. The molecule has 0 bridgehead atoms. The zero-order valence-electron chi connectivity index (χ0n) is 11.3. The van der Waals surface area contributed by atoms with Crippen LogP contribution in [0.15, 0.2) is 41.6 Å². The largest absolute Gasteiger partial charge is 0.323 e. The molecule has 3 nitrogen and oxygen atoms in total. The van der Waals surface area contributed by atoms with Gasteiger partial charge in [0.2, 0.25) is 0 Å². The van der Waals surface area contributed by atoms with E-state index in [4.69, 9.17) is 5.73 Å². The Morgan fingerprint density at radius 2 is 2.05 bits per heavy atom. The van der Waals surface area contributed by atoms with Crippen LogP contribution in [0.1, 0.15) is 36.4 Å². The van der Waals surface area contributed by atoms with Crippen molar-refractivity contribution in [3.63, 3.8) is 0 Å². The molecule has 0 saturated heterocycles. The van der Waals surface area contributed by atoms with Gasteiger partial charge in [-0.3, -0.25) is 4.68 Å². The van der Waals surface area contributed by atoms with Crippen molar-refractivity contribution in [1.29, 1.82) is 0 Å². The smallest absolute Gasteiger partial charge is 0.0625 e. The van der Waals surface area contributed by atoms with Gasteiger partial charge in [0.1, 0.15) is 0 Å². The summed E-state index contributed by atoms with van der Waals surface area (Å²) in [4.78, 5) is 1.20. The highest BCUT2D eigenvalue weighted by Crippen LogP contribution is 2.43. The average Bonchev–Trinajstić information content (AvgIpc) is 2.81. The molecule has 0 spiro atoms. The van der Waals surface area contributed by atoms with E-state index in [-0.39, 0.29) is 6.04 Å². The predicted octanol–water partition coefficient (Wildman–Crippen LogP) is 3.09. The first-order chi connectivity index (χ1) is 9.15.